The molecule has 2 aliphatic rings. The summed E-state index contributed by atoms with van der Waals surface area (Å²) in [6.45, 7) is -7.72. The van der Waals surface area contributed by atoms with Gasteiger partial charge in [0.25, 0.3) is 0 Å². The van der Waals surface area contributed by atoms with Crippen molar-refractivity contribution in [3.63, 3.8) is 0 Å². The summed E-state index contributed by atoms with van der Waals surface area (Å²) >= 11 is -22.1. The lowest BCUT2D eigenvalue weighted by Gasteiger charge is -2.45. The Morgan fingerprint density at radius 3 is 1.25 bits per heavy atom. The molecule has 0 amide bonds. The molecule has 58 heteroatoms. The fraction of sp³-hybridized carbons (Fsp3) is 1.00. The molecule has 0 aliphatic carbocycles. The third kappa shape index (κ3) is 28.0. The smallest absolute Gasteiger partial charge is 0.347 e. The van der Waals surface area contributed by atoms with E-state index in [0.717, 1.165) is 0 Å². The first-order valence-electron chi connectivity index (χ1n) is 17.4. The Balaban J connectivity index is 3.26. The van der Waals surface area contributed by atoms with Crippen molar-refractivity contribution in [2.24, 2.45) is 0 Å². The van der Waals surface area contributed by atoms with Crippen LogP contribution in [0.5, 0.6) is 0 Å². The fourth-order valence-electron chi connectivity index (χ4n) is 5.84. The molecule has 0 bridgehead atoms. The number of hydrogen-bond acceptors (Lipinski definition) is 34. The molecule has 0 saturated carbocycles. The van der Waals surface area contributed by atoms with Crippen molar-refractivity contribution in [2.45, 2.75) is 85.8 Å². The monoisotopic (exact) mass is 1370 g/mol. The maximum Gasteiger partial charge on any atom is 0.397 e. The van der Waals surface area contributed by atoms with Gasteiger partial charge < -0.3 is 18.9 Å². The minimum atomic E-state index is -6.55. The van der Waals surface area contributed by atoms with E-state index in [4.69, 9.17) is 18.9 Å². The van der Waals surface area contributed by atoms with E-state index in [0.29, 0.717) is 0 Å². The molecule has 0 radical (unpaired) electrons. The first-order chi connectivity index (χ1) is 34.3. The van der Waals surface area contributed by atoms with Crippen LogP contribution < -0.4 is 0 Å². The van der Waals surface area contributed by atoms with Crippen LogP contribution in [0.15, 0.2) is 0 Å². The average Bonchev–Trinajstić information content (AvgIpc) is 3.18. The maximum absolute atomic E-state index is 12.5. The zero-order valence-electron chi connectivity index (χ0n) is 35.1. The molecule has 20 atom stereocenters. The van der Waals surface area contributed by atoms with E-state index in [1.165, 1.54) is 0 Å². The molecule has 46 nitrogen and oxygen atoms in total. The normalized spacial score (nSPS) is 29.5. The predicted molar refractivity (Wildman–Crippen MR) is 224 cm³/mol. The summed E-state index contributed by atoms with van der Waals surface area (Å²) in [5, 5.41) is 0. The zero-order valence-corrected chi connectivity index (χ0v) is 44.9. The van der Waals surface area contributed by atoms with E-state index in [1.807, 2.05) is 0 Å². The van der Waals surface area contributed by atoms with Gasteiger partial charge in [0.15, 0.2) is 24.8 Å². The summed E-state index contributed by atoms with van der Waals surface area (Å²) in [6.07, 6.45) is -44.4. The maximum atomic E-state index is 12.5. The van der Waals surface area contributed by atoms with Crippen LogP contribution in [0.2, 0.25) is 0 Å². The summed E-state index contributed by atoms with van der Waals surface area (Å²) in [5.74, 6) is 0. The lowest BCUT2D eigenvalue weighted by atomic mass is 9.98. The van der Waals surface area contributed by atoms with Gasteiger partial charge in [-0.25, -0.2) is 25.1 Å². The molecule has 2 heterocycles. The second-order valence-corrected chi connectivity index (χ2v) is 23.1. The van der Waals surface area contributed by atoms with Crippen LogP contribution in [0.1, 0.15) is 0 Å². The highest BCUT2D eigenvalue weighted by atomic mass is 32.3. The quantitative estimate of drug-likeness (QED) is 0.0207. The van der Waals surface area contributed by atoms with Gasteiger partial charge >= 0.3 is 131 Å². The highest BCUT2D eigenvalue weighted by Crippen LogP contribution is 2.36. The lowest BCUT2D eigenvalue weighted by molar-refractivity contribution is -0.319. The van der Waals surface area contributed by atoms with Crippen LogP contribution in [0, 0.1) is 0 Å². The third-order valence-corrected chi connectivity index (χ3v) is 13.0. The summed E-state index contributed by atoms with van der Waals surface area (Å²) in [6, 6.07) is 0. The molecule has 6 unspecified atom stereocenters. The van der Waals surface area contributed by atoms with Crippen molar-refractivity contribution in [2.75, 3.05) is 26.4 Å². The standard InChI is InChI=1S/C18H34O46S12/c19-65(20)50-2-5-10(57-68(25)26)13(58-69(27)28)15(59-70(29)30)17(53-5)49-1-7(56-67(23)24)9(12(62-74(40,41)42)8(60-72(34,35)36)4-52-71(31,32)33)55-18-16(64-76(46,47)48)14(63-75(43,44)45)11(61-73(37,38)39)6(54-18)3-51-66(21)22/h5-18H,1-4H2,(H,19,20)(H,21,22)(H,23,24)(H,25,26)(H,27,28)(H,29,30)(H,31,32,33)(H,34,35,36)(H,37,38,39)(H,40,41,42)(H,43,44,45)(H,46,47,48)/t5-,6-,7+,8-,9-,10-,11-,12-,13+,14+,15-,16-,17-,18+/m1/s1. The Morgan fingerprint density at radius 2 is 0.829 bits per heavy atom. The van der Waals surface area contributed by atoms with E-state index in [-0.39, 0.29) is 0 Å². The number of ether oxygens (including phenoxy) is 4. The molecule has 2 fully saturated rings. The molecule has 2 aliphatic heterocycles. The van der Waals surface area contributed by atoms with Crippen molar-refractivity contribution < 1.29 is 200 Å². The minimum absolute atomic E-state index is 1.44. The van der Waals surface area contributed by atoms with Gasteiger partial charge in [-0.3, -0.25) is 79.7 Å². The fourth-order valence-corrected chi connectivity index (χ4v) is 10.7. The van der Waals surface area contributed by atoms with Crippen LogP contribution >= 0.6 is 0 Å². The van der Waals surface area contributed by atoms with Crippen molar-refractivity contribution in [3.8, 4) is 0 Å². The number of rotatable bonds is 35. The molecular formula is C18H34O46S12. The van der Waals surface area contributed by atoms with Gasteiger partial charge in [0.05, 0.1) is 26.4 Å². The van der Waals surface area contributed by atoms with E-state index < -0.39 is 243 Å². The molecule has 0 spiro atoms. The second-order valence-electron chi connectivity index (χ2n) is 12.9. The Hall–Kier alpha value is -0.520. The Bertz CT molecular complexity index is 2760. The van der Waals surface area contributed by atoms with Crippen molar-refractivity contribution in [1.29, 1.82) is 0 Å². The van der Waals surface area contributed by atoms with Gasteiger partial charge in [-0.2, -0.15) is 75.8 Å². The summed E-state index contributed by atoms with van der Waals surface area (Å²) in [7, 11) is -37.9. The van der Waals surface area contributed by atoms with Gasteiger partial charge in [-0.15, -0.1) is 0 Å². The molecule has 0 aromatic heterocycles. The number of hydrogen-bond donors (Lipinski definition) is 12. The molecular weight excluding hydrogens is 1340 g/mol. The molecule has 2 saturated heterocycles. The zero-order chi connectivity index (χ0) is 58.7. The van der Waals surface area contributed by atoms with E-state index in [2.05, 4.69) is 50.2 Å². The van der Waals surface area contributed by atoms with Crippen LogP contribution in [-0.2, 0) is 200 Å². The van der Waals surface area contributed by atoms with Gasteiger partial charge in [0.2, 0.25) is 0 Å². The third-order valence-electron chi connectivity index (χ3n) is 7.96. The summed E-state index contributed by atoms with van der Waals surface area (Å²) in [4.78, 5) is 0. The molecule has 12 N–H and O–H groups in total. The minimum Gasteiger partial charge on any atom is -0.347 e. The lowest BCUT2D eigenvalue weighted by Crippen LogP contribution is -2.65. The summed E-state index contributed by atoms with van der Waals surface area (Å²) in [5.41, 5.74) is 0. The Labute approximate surface area is 439 Å². The van der Waals surface area contributed by atoms with Gasteiger partial charge in [0, 0.05) is 0 Å². The molecule has 76 heavy (non-hydrogen) atoms. The second kappa shape index (κ2) is 30.2. The van der Waals surface area contributed by atoms with Crippen LogP contribution in [0.3, 0.4) is 0 Å². The van der Waals surface area contributed by atoms with Crippen molar-refractivity contribution >= 4 is 131 Å². The van der Waals surface area contributed by atoms with E-state index in [9.17, 15) is 130 Å². The highest BCUT2D eigenvalue weighted by molar-refractivity contribution is 7.82. The first kappa shape index (κ1) is 71.6. The van der Waals surface area contributed by atoms with Gasteiger partial charge in [-0.05, 0) is 0 Å². The highest BCUT2D eigenvalue weighted by Gasteiger charge is 2.58. The summed E-state index contributed by atoms with van der Waals surface area (Å²) < 4.78 is 404. The molecule has 454 valence electrons. The van der Waals surface area contributed by atoms with E-state index in [1.54, 1.807) is 0 Å². The largest absolute Gasteiger partial charge is 0.397 e. The van der Waals surface area contributed by atoms with Crippen molar-refractivity contribution in [1.82, 2.24) is 0 Å². The van der Waals surface area contributed by atoms with Crippen LogP contribution in [-0.4, -0.2) is 243 Å². The molecule has 2 rings (SSSR count). The van der Waals surface area contributed by atoms with E-state index >= 15 is 0 Å². The first-order valence-corrected chi connectivity index (χ1v) is 31.8. The Kier molecular flexibility index (Phi) is 28.4. The topological polar surface area (TPSA) is 698 Å². The van der Waals surface area contributed by atoms with Crippen LogP contribution in [0.25, 0.3) is 0 Å². The predicted octanol–water partition coefficient (Wildman–Crippen LogP) is -8.01. The SMILES string of the molecule is O=S(O)OC[C@H]1O[C@@H](OC[C@H](OS(=O)O)[C@@H](O[C@@H]2O[C@H](COS(=O)O)[C@@H](OS(=O)(=O)O)[C@H](OS(=O)(=O)O)[C@H]2OS(=O)(=O)O)[C@H](OS(=O)(=O)O)[C@@H](COS(=O)(=O)O)OS(=O)(=O)O)[C@H](OS(=O)O)[C@@H](OS(=O)O)[C@@H]1OS(=O)O. The Morgan fingerprint density at radius 1 is 0.408 bits per heavy atom. The molecule has 0 aromatic carbocycles. The molecule has 0 aromatic rings. The van der Waals surface area contributed by atoms with Crippen LogP contribution in [0.4, 0.5) is 0 Å². The van der Waals surface area contributed by atoms with Crippen molar-refractivity contribution in [3.05, 3.63) is 0 Å². The average molecular weight is 1370 g/mol. The van der Waals surface area contributed by atoms with Gasteiger partial charge in [0.1, 0.15) is 61.0 Å². The van der Waals surface area contributed by atoms with Gasteiger partial charge in [-0.1, -0.05) is 0 Å².